The summed E-state index contributed by atoms with van der Waals surface area (Å²) in [6.07, 6.45) is 5.41. The highest BCUT2D eigenvalue weighted by molar-refractivity contribution is 5.79. The van der Waals surface area contributed by atoms with Crippen molar-refractivity contribution < 1.29 is 4.79 Å². The van der Waals surface area contributed by atoms with Crippen LogP contribution in [0.3, 0.4) is 0 Å². The topological polar surface area (TPSA) is 17.1 Å². The van der Waals surface area contributed by atoms with Crippen molar-refractivity contribution in [2.24, 2.45) is 17.8 Å². The van der Waals surface area contributed by atoms with Crippen molar-refractivity contribution in [1.29, 1.82) is 0 Å². The van der Waals surface area contributed by atoms with Crippen molar-refractivity contribution in [3.63, 3.8) is 0 Å². The molecule has 0 amide bonds. The van der Waals surface area contributed by atoms with Crippen molar-refractivity contribution in [2.75, 3.05) is 0 Å². The number of hydrogen-bond acceptors (Lipinski definition) is 1. The minimum Gasteiger partial charge on any atom is -0.300 e. The number of allylic oxidation sites excluding steroid dienone is 2. The van der Waals surface area contributed by atoms with Crippen LogP contribution in [0.2, 0.25) is 0 Å². The molecule has 0 bridgehead atoms. The zero-order valence-electron chi connectivity index (χ0n) is 7.50. The van der Waals surface area contributed by atoms with E-state index in [0.29, 0.717) is 17.6 Å². The molecule has 0 saturated heterocycles. The molecule has 0 radical (unpaired) electrons. The minimum absolute atomic E-state index is 0.264. The maximum Gasteiger partial charge on any atom is 0.133 e. The van der Waals surface area contributed by atoms with E-state index in [1.807, 2.05) is 0 Å². The number of carbonyl (C=O) groups is 1. The van der Waals surface area contributed by atoms with Crippen molar-refractivity contribution >= 4 is 5.78 Å². The Bertz CT molecular complexity index is 181. The van der Waals surface area contributed by atoms with Gasteiger partial charge in [0.2, 0.25) is 0 Å². The number of hydrogen-bond donors (Lipinski definition) is 0. The lowest BCUT2D eigenvalue weighted by molar-refractivity contribution is -0.123. The number of ketones is 1. The summed E-state index contributed by atoms with van der Waals surface area (Å²) >= 11 is 0. The van der Waals surface area contributed by atoms with Gasteiger partial charge in [-0.1, -0.05) is 26.0 Å². The second kappa shape index (κ2) is 3.21. The summed E-state index contributed by atoms with van der Waals surface area (Å²) in [5.41, 5.74) is 0. The Kier molecular flexibility index (Phi) is 2.48. The largest absolute Gasteiger partial charge is 0.300 e. The molecular weight excluding hydrogens is 136 g/mol. The molecule has 3 atom stereocenters. The first-order valence-electron chi connectivity index (χ1n) is 4.30. The van der Waals surface area contributed by atoms with Crippen LogP contribution in [0.15, 0.2) is 12.2 Å². The van der Waals surface area contributed by atoms with Gasteiger partial charge in [0.1, 0.15) is 5.78 Å². The maximum atomic E-state index is 11.2. The second-order valence-electron chi connectivity index (χ2n) is 3.64. The Morgan fingerprint density at radius 1 is 1.45 bits per heavy atom. The third kappa shape index (κ3) is 1.70. The SMILES string of the molecule is CC(=O)[C@@H]1[C@H](C)C=CC[C@H]1C. The zero-order chi connectivity index (χ0) is 8.43. The molecular formula is C10H16O. The molecule has 1 rings (SSSR count). The molecule has 0 aromatic heterocycles. The molecule has 1 aliphatic rings. The van der Waals surface area contributed by atoms with E-state index in [1.165, 1.54) is 0 Å². The predicted octanol–water partition coefficient (Wildman–Crippen LogP) is 2.42. The van der Waals surface area contributed by atoms with Gasteiger partial charge in [0.25, 0.3) is 0 Å². The van der Waals surface area contributed by atoms with Crippen LogP contribution in [0.1, 0.15) is 27.2 Å². The van der Waals surface area contributed by atoms with Crippen LogP contribution in [0, 0.1) is 17.8 Å². The molecule has 0 aliphatic heterocycles. The molecule has 0 saturated carbocycles. The molecule has 1 heteroatoms. The van der Waals surface area contributed by atoms with E-state index in [4.69, 9.17) is 0 Å². The summed E-state index contributed by atoms with van der Waals surface area (Å²) in [7, 11) is 0. The van der Waals surface area contributed by atoms with E-state index >= 15 is 0 Å². The third-order valence-corrected chi connectivity index (χ3v) is 2.60. The first kappa shape index (κ1) is 8.51. The van der Waals surface area contributed by atoms with E-state index < -0.39 is 0 Å². The van der Waals surface area contributed by atoms with Crippen LogP contribution >= 0.6 is 0 Å². The van der Waals surface area contributed by atoms with Crippen LogP contribution < -0.4 is 0 Å². The van der Waals surface area contributed by atoms with Gasteiger partial charge in [-0.3, -0.25) is 4.79 Å². The summed E-state index contributed by atoms with van der Waals surface area (Å²) < 4.78 is 0. The van der Waals surface area contributed by atoms with Gasteiger partial charge >= 0.3 is 0 Å². The van der Waals surface area contributed by atoms with Crippen molar-refractivity contribution in [2.45, 2.75) is 27.2 Å². The predicted molar refractivity (Wildman–Crippen MR) is 46.3 cm³/mol. The van der Waals surface area contributed by atoms with E-state index in [1.54, 1.807) is 6.92 Å². The van der Waals surface area contributed by atoms with Crippen molar-refractivity contribution in [1.82, 2.24) is 0 Å². The van der Waals surface area contributed by atoms with Gasteiger partial charge in [-0.05, 0) is 25.2 Å². The summed E-state index contributed by atoms with van der Waals surface area (Å²) in [5, 5.41) is 0. The highest BCUT2D eigenvalue weighted by Gasteiger charge is 2.27. The fourth-order valence-electron chi connectivity index (χ4n) is 2.06. The molecule has 0 aromatic carbocycles. The minimum atomic E-state index is 0.264. The van der Waals surface area contributed by atoms with E-state index in [9.17, 15) is 4.79 Å². The highest BCUT2D eigenvalue weighted by atomic mass is 16.1. The molecule has 11 heavy (non-hydrogen) atoms. The lowest BCUT2D eigenvalue weighted by atomic mass is 9.76. The molecule has 1 aliphatic carbocycles. The highest BCUT2D eigenvalue weighted by Crippen LogP contribution is 2.30. The van der Waals surface area contributed by atoms with Gasteiger partial charge in [-0.15, -0.1) is 0 Å². The summed E-state index contributed by atoms with van der Waals surface area (Å²) in [6.45, 7) is 5.99. The van der Waals surface area contributed by atoms with Crippen molar-refractivity contribution in [3.8, 4) is 0 Å². The normalized spacial score (nSPS) is 37.2. The summed E-state index contributed by atoms with van der Waals surface area (Å²) in [4.78, 5) is 11.2. The van der Waals surface area contributed by atoms with Crippen molar-refractivity contribution in [3.05, 3.63) is 12.2 Å². The zero-order valence-corrected chi connectivity index (χ0v) is 7.50. The summed E-state index contributed by atoms with van der Waals surface area (Å²) in [6, 6.07) is 0. The maximum absolute atomic E-state index is 11.2. The van der Waals surface area contributed by atoms with Gasteiger partial charge in [0.15, 0.2) is 0 Å². The first-order valence-corrected chi connectivity index (χ1v) is 4.30. The van der Waals surface area contributed by atoms with Crippen LogP contribution in [0.4, 0.5) is 0 Å². The standard InChI is InChI=1S/C10H16O/c1-7-5-4-6-8(2)10(7)9(3)11/h4-5,7-8,10H,6H2,1-3H3/t7-,8-,10-/m1/s1. The Balaban J connectivity index is 2.74. The monoisotopic (exact) mass is 152 g/mol. The van der Waals surface area contributed by atoms with Gasteiger partial charge in [0.05, 0.1) is 0 Å². The second-order valence-corrected chi connectivity index (χ2v) is 3.64. The number of rotatable bonds is 1. The molecule has 0 spiro atoms. The number of Topliss-reactive ketones (excluding diaryl/α,β-unsaturated/α-hetero) is 1. The average molecular weight is 152 g/mol. The Morgan fingerprint density at radius 3 is 2.45 bits per heavy atom. The lowest BCUT2D eigenvalue weighted by Crippen LogP contribution is -2.27. The molecule has 1 nitrogen and oxygen atoms in total. The third-order valence-electron chi connectivity index (χ3n) is 2.60. The van der Waals surface area contributed by atoms with Gasteiger partial charge in [-0.2, -0.15) is 0 Å². The fourth-order valence-corrected chi connectivity index (χ4v) is 2.06. The molecule has 0 fully saturated rings. The fraction of sp³-hybridized carbons (Fsp3) is 0.700. The molecule has 0 aromatic rings. The molecule has 0 N–H and O–H groups in total. The van der Waals surface area contributed by atoms with Gasteiger partial charge < -0.3 is 0 Å². The first-order chi connectivity index (χ1) is 5.13. The van der Waals surface area contributed by atoms with Gasteiger partial charge in [-0.25, -0.2) is 0 Å². The summed E-state index contributed by atoms with van der Waals surface area (Å²) in [5.74, 6) is 1.58. The Labute approximate surface area is 68.5 Å². The smallest absolute Gasteiger partial charge is 0.133 e. The van der Waals surface area contributed by atoms with Crippen LogP contribution in [-0.2, 0) is 4.79 Å². The van der Waals surface area contributed by atoms with Crippen LogP contribution in [-0.4, -0.2) is 5.78 Å². The number of carbonyl (C=O) groups excluding carboxylic acids is 1. The van der Waals surface area contributed by atoms with E-state index in [2.05, 4.69) is 26.0 Å². The molecule has 62 valence electrons. The lowest BCUT2D eigenvalue weighted by Gasteiger charge is -2.28. The average Bonchev–Trinajstić information content (AvgIpc) is 1.85. The Hall–Kier alpha value is -0.590. The van der Waals surface area contributed by atoms with Crippen LogP contribution in [0.25, 0.3) is 0 Å². The van der Waals surface area contributed by atoms with Crippen LogP contribution in [0.5, 0.6) is 0 Å². The van der Waals surface area contributed by atoms with Gasteiger partial charge in [0, 0.05) is 5.92 Å². The molecule has 0 unspecified atom stereocenters. The Morgan fingerprint density at radius 2 is 2.09 bits per heavy atom. The van der Waals surface area contributed by atoms with E-state index in [0.717, 1.165) is 6.42 Å². The van der Waals surface area contributed by atoms with E-state index in [-0.39, 0.29) is 5.92 Å². The quantitative estimate of drug-likeness (QED) is 0.527. The molecule has 0 heterocycles.